The van der Waals surface area contributed by atoms with Crippen molar-refractivity contribution in [1.82, 2.24) is 5.32 Å². The molecular formula is C17H20F3NO3. The van der Waals surface area contributed by atoms with E-state index in [1.807, 2.05) is 13.8 Å². The number of aliphatic hydroxyl groups excluding tert-OH is 1. The lowest BCUT2D eigenvalue weighted by Crippen LogP contribution is -2.53. The molecule has 5 atom stereocenters. The lowest BCUT2D eigenvalue weighted by molar-refractivity contribution is -0.137. The topological polar surface area (TPSA) is 50.7 Å². The SMILES string of the molecule is C[C@@H]1CO[C@]23[C@H](O)C2(C)COCc2cc(C(F)(F)F)ccc2[C@@H]3N1. The number of fused-ring (bicyclic) bond motifs is 2. The lowest BCUT2D eigenvalue weighted by atomic mass is 9.86. The van der Waals surface area contributed by atoms with Crippen LogP contribution in [0.25, 0.3) is 0 Å². The first-order chi connectivity index (χ1) is 11.2. The number of alkyl halides is 3. The molecule has 4 rings (SSSR count). The summed E-state index contributed by atoms with van der Waals surface area (Å²) >= 11 is 0. The fourth-order valence-electron chi connectivity index (χ4n) is 4.26. The van der Waals surface area contributed by atoms with Crippen molar-refractivity contribution in [2.75, 3.05) is 13.2 Å². The third-order valence-electron chi connectivity index (χ3n) is 5.71. The number of benzene rings is 1. The van der Waals surface area contributed by atoms with E-state index in [2.05, 4.69) is 5.32 Å². The molecule has 1 saturated carbocycles. The summed E-state index contributed by atoms with van der Waals surface area (Å²) in [6, 6.07) is 3.40. The molecule has 1 aliphatic carbocycles. The largest absolute Gasteiger partial charge is 0.416 e. The van der Waals surface area contributed by atoms with Crippen LogP contribution in [-0.4, -0.2) is 36.1 Å². The third-order valence-corrected chi connectivity index (χ3v) is 5.71. The maximum atomic E-state index is 13.0. The van der Waals surface area contributed by atoms with Gasteiger partial charge in [0, 0.05) is 6.04 Å². The van der Waals surface area contributed by atoms with Gasteiger partial charge in [-0.1, -0.05) is 13.0 Å². The van der Waals surface area contributed by atoms with Crippen LogP contribution in [0.1, 0.15) is 36.6 Å². The molecule has 7 heteroatoms. The molecule has 1 spiro atoms. The Balaban J connectivity index is 1.82. The van der Waals surface area contributed by atoms with Crippen molar-refractivity contribution in [1.29, 1.82) is 0 Å². The van der Waals surface area contributed by atoms with Crippen LogP contribution in [0.15, 0.2) is 18.2 Å². The predicted molar refractivity (Wildman–Crippen MR) is 79.2 cm³/mol. The Bertz CT molecular complexity index is 680. The Kier molecular flexibility index (Phi) is 3.36. The van der Waals surface area contributed by atoms with E-state index in [9.17, 15) is 18.3 Å². The number of nitrogens with one attached hydrogen (secondary N) is 1. The fraction of sp³-hybridized carbons (Fsp3) is 0.647. The first-order valence-electron chi connectivity index (χ1n) is 8.06. The van der Waals surface area contributed by atoms with E-state index in [1.54, 1.807) is 0 Å². The van der Waals surface area contributed by atoms with E-state index in [1.165, 1.54) is 6.07 Å². The first kappa shape index (κ1) is 16.3. The van der Waals surface area contributed by atoms with Crippen molar-refractivity contribution >= 4 is 0 Å². The van der Waals surface area contributed by atoms with Gasteiger partial charge < -0.3 is 19.9 Å². The molecule has 1 aromatic rings. The minimum absolute atomic E-state index is 0.0492. The summed E-state index contributed by atoms with van der Waals surface area (Å²) in [4.78, 5) is 0. The molecule has 2 N–H and O–H groups in total. The number of hydrogen-bond acceptors (Lipinski definition) is 4. The summed E-state index contributed by atoms with van der Waals surface area (Å²) in [5, 5.41) is 14.0. The van der Waals surface area contributed by atoms with Crippen molar-refractivity contribution in [2.45, 2.75) is 50.4 Å². The van der Waals surface area contributed by atoms with Gasteiger partial charge in [0.1, 0.15) is 5.60 Å². The molecule has 2 aliphatic heterocycles. The normalized spacial score (nSPS) is 41.5. The molecule has 132 valence electrons. The second kappa shape index (κ2) is 4.94. The number of aliphatic hydroxyl groups is 1. The van der Waals surface area contributed by atoms with E-state index >= 15 is 0 Å². The number of ether oxygens (including phenoxy) is 2. The van der Waals surface area contributed by atoms with Gasteiger partial charge in [-0.15, -0.1) is 0 Å². The fourth-order valence-corrected chi connectivity index (χ4v) is 4.26. The Morgan fingerprint density at radius 3 is 2.79 bits per heavy atom. The van der Waals surface area contributed by atoms with Gasteiger partial charge in [-0.3, -0.25) is 0 Å². The highest BCUT2D eigenvalue weighted by Crippen LogP contribution is 2.66. The van der Waals surface area contributed by atoms with Crippen molar-refractivity contribution in [2.24, 2.45) is 5.41 Å². The van der Waals surface area contributed by atoms with Crippen LogP contribution in [0.5, 0.6) is 0 Å². The van der Waals surface area contributed by atoms with E-state index in [0.717, 1.165) is 12.1 Å². The van der Waals surface area contributed by atoms with Crippen LogP contribution >= 0.6 is 0 Å². The standard InChI is InChI=1S/C17H20F3NO3/c1-9-6-24-16-13(21-9)12-4-3-11(17(18,19)20)5-10(12)7-23-8-15(16,2)14(16)22/h3-5,9,13-14,21-22H,6-8H2,1-2H3/t9-,13+,14-,15?,16-/m1/s1. The maximum Gasteiger partial charge on any atom is 0.416 e. The molecule has 1 unspecified atom stereocenters. The highest BCUT2D eigenvalue weighted by molar-refractivity contribution is 5.43. The molecule has 2 fully saturated rings. The van der Waals surface area contributed by atoms with Crippen LogP contribution in [0, 0.1) is 5.41 Å². The number of halogens is 3. The van der Waals surface area contributed by atoms with Gasteiger partial charge in [-0.05, 0) is 30.2 Å². The highest BCUT2D eigenvalue weighted by Gasteiger charge is 2.80. The molecule has 24 heavy (non-hydrogen) atoms. The lowest BCUT2D eigenvalue weighted by Gasteiger charge is -2.41. The second-order valence-electron chi connectivity index (χ2n) is 7.33. The minimum atomic E-state index is -4.40. The monoisotopic (exact) mass is 343 g/mol. The van der Waals surface area contributed by atoms with Crippen LogP contribution in [0.4, 0.5) is 13.2 Å². The van der Waals surface area contributed by atoms with Gasteiger partial charge in [-0.2, -0.15) is 13.2 Å². The summed E-state index contributed by atoms with van der Waals surface area (Å²) in [7, 11) is 0. The smallest absolute Gasteiger partial charge is 0.389 e. The van der Waals surface area contributed by atoms with Crippen molar-refractivity contribution in [3.05, 3.63) is 34.9 Å². The summed E-state index contributed by atoms with van der Waals surface area (Å²) in [5.74, 6) is 0. The van der Waals surface area contributed by atoms with Crippen LogP contribution < -0.4 is 5.32 Å². The van der Waals surface area contributed by atoms with Crippen LogP contribution in [-0.2, 0) is 22.3 Å². The zero-order valence-corrected chi connectivity index (χ0v) is 13.5. The van der Waals surface area contributed by atoms with Gasteiger partial charge in [0.05, 0.1) is 42.9 Å². The molecule has 1 aromatic carbocycles. The minimum Gasteiger partial charge on any atom is -0.389 e. The summed E-state index contributed by atoms with van der Waals surface area (Å²) < 4.78 is 50.7. The van der Waals surface area contributed by atoms with Crippen LogP contribution in [0.2, 0.25) is 0 Å². The Morgan fingerprint density at radius 1 is 1.33 bits per heavy atom. The number of morpholine rings is 1. The van der Waals surface area contributed by atoms with Gasteiger partial charge in [-0.25, -0.2) is 0 Å². The van der Waals surface area contributed by atoms with Gasteiger partial charge in [0.25, 0.3) is 0 Å². The Labute approximate surface area is 137 Å². The molecule has 4 nitrogen and oxygen atoms in total. The zero-order valence-electron chi connectivity index (χ0n) is 13.5. The molecule has 0 radical (unpaired) electrons. The van der Waals surface area contributed by atoms with Gasteiger partial charge in [0.2, 0.25) is 0 Å². The predicted octanol–water partition coefficient (Wildman–Crippen LogP) is 2.40. The van der Waals surface area contributed by atoms with Crippen molar-refractivity contribution in [3.63, 3.8) is 0 Å². The van der Waals surface area contributed by atoms with Crippen LogP contribution in [0.3, 0.4) is 0 Å². The molecular weight excluding hydrogens is 323 g/mol. The van der Waals surface area contributed by atoms with Crippen molar-refractivity contribution < 1.29 is 27.8 Å². The molecule has 2 heterocycles. The summed E-state index contributed by atoms with van der Waals surface area (Å²) in [5.41, 5.74) is -0.916. The van der Waals surface area contributed by atoms with Crippen molar-refractivity contribution in [3.8, 4) is 0 Å². The molecule has 0 aromatic heterocycles. The summed E-state index contributed by atoms with van der Waals surface area (Å²) in [6.07, 6.45) is -5.12. The average molecular weight is 343 g/mol. The molecule has 0 bridgehead atoms. The third kappa shape index (κ3) is 2.02. The number of rotatable bonds is 0. The number of hydrogen-bond donors (Lipinski definition) is 2. The Hall–Kier alpha value is -1.15. The maximum absolute atomic E-state index is 13.0. The van der Waals surface area contributed by atoms with E-state index in [4.69, 9.17) is 9.47 Å². The highest BCUT2D eigenvalue weighted by atomic mass is 19.4. The Morgan fingerprint density at radius 2 is 2.08 bits per heavy atom. The van der Waals surface area contributed by atoms with E-state index < -0.39 is 28.9 Å². The van der Waals surface area contributed by atoms with Gasteiger partial charge >= 0.3 is 6.18 Å². The second-order valence-corrected chi connectivity index (χ2v) is 7.33. The molecule has 3 aliphatic rings. The molecule has 0 amide bonds. The molecule has 1 saturated heterocycles. The quantitative estimate of drug-likeness (QED) is 0.760. The van der Waals surface area contributed by atoms with E-state index in [0.29, 0.717) is 17.7 Å². The van der Waals surface area contributed by atoms with E-state index in [-0.39, 0.29) is 25.3 Å². The van der Waals surface area contributed by atoms with Gasteiger partial charge in [0.15, 0.2) is 0 Å². The average Bonchev–Trinajstić information content (AvgIpc) is 2.95. The zero-order chi connectivity index (χ0) is 17.3. The summed E-state index contributed by atoms with van der Waals surface area (Å²) in [6.45, 7) is 4.63. The first-order valence-corrected chi connectivity index (χ1v) is 8.06.